The Bertz CT molecular complexity index is 1080. The van der Waals surface area contributed by atoms with E-state index in [2.05, 4.69) is 15.6 Å². The largest absolute Gasteiger partial charge is 0.464 e. The molecule has 3 atom stereocenters. The monoisotopic (exact) mass is 440 g/mol. The van der Waals surface area contributed by atoms with E-state index in [4.69, 9.17) is 10.5 Å². The van der Waals surface area contributed by atoms with Crippen molar-refractivity contribution in [3.05, 3.63) is 58.4 Å². The van der Waals surface area contributed by atoms with Crippen LogP contribution in [0.25, 0.3) is 10.9 Å². The van der Waals surface area contributed by atoms with Gasteiger partial charge in [-0.25, -0.2) is 4.79 Å². The van der Waals surface area contributed by atoms with E-state index in [-0.39, 0.29) is 13.0 Å². The number of fused-ring (bicyclic) bond motifs is 1. The van der Waals surface area contributed by atoms with Crippen LogP contribution in [-0.4, -0.2) is 47.5 Å². The third-order valence-corrected chi connectivity index (χ3v) is 6.09. The number of amides is 2. The number of rotatable bonds is 8. The van der Waals surface area contributed by atoms with Gasteiger partial charge in [0.05, 0.1) is 12.6 Å². The second-order valence-electron chi connectivity index (χ2n) is 7.58. The van der Waals surface area contributed by atoms with Gasteiger partial charge < -0.3 is 26.1 Å². The normalized spacial score (nSPS) is 17.8. The topological polar surface area (TPSA) is 126 Å². The van der Waals surface area contributed by atoms with Crippen LogP contribution >= 0.6 is 11.3 Å². The summed E-state index contributed by atoms with van der Waals surface area (Å²) in [6.45, 7) is 0.273. The van der Waals surface area contributed by atoms with E-state index >= 15 is 0 Å². The highest BCUT2D eigenvalue weighted by Crippen LogP contribution is 2.19. The number of aromatic nitrogens is 1. The van der Waals surface area contributed by atoms with E-state index in [9.17, 15) is 14.4 Å². The molecule has 162 valence electrons. The molecule has 1 aliphatic heterocycles. The molecule has 0 unspecified atom stereocenters. The van der Waals surface area contributed by atoms with Crippen molar-refractivity contribution in [2.24, 2.45) is 5.73 Å². The quantitative estimate of drug-likeness (QED) is 0.392. The minimum absolute atomic E-state index is 0.258. The smallest absolute Gasteiger partial charge is 0.328 e. The van der Waals surface area contributed by atoms with Gasteiger partial charge in [-0.3, -0.25) is 9.59 Å². The summed E-state index contributed by atoms with van der Waals surface area (Å²) >= 11 is 1.54. The SMILES string of the molecule is N[C@@H](Cc1ccsc1)C(=O)N[C@@H](Cc1c[nH]c2ccccc12)C(=O)N[C@H]1CCOC1=O. The maximum absolute atomic E-state index is 13.0. The van der Waals surface area contributed by atoms with Crippen LogP contribution in [0.5, 0.6) is 0 Å². The van der Waals surface area contributed by atoms with Gasteiger partial charge in [-0.05, 0) is 40.4 Å². The number of nitrogens with two attached hydrogens (primary N) is 1. The van der Waals surface area contributed by atoms with Crippen molar-refractivity contribution in [2.45, 2.75) is 37.4 Å². The van der Waals surface area contributed by atoms with Gasteiger partial charge in [-0.15, -0.1) is 0 Å². The van der Waals surface area contributed by atoms with E-state index in [0.29, 0.717) is 12.8 Å². The van der Waals surface area contributed by atoms with Crippen LogP contribution in [0.15, 0.2) is 47.3 Å². The lowest BCUT2D eigenvalue weighted by Gasteiger charge is -2.21. The first kappa shape index (κ1) is 21.1. The van der Waals surface area contributed by atoms with Crippen LogP contribution in [0.4, 0.5) is 0 Å². The van der Waals surface area contributed by atoms with E-state index in [0.717, 1.165) is 22.0 Å². The maximum Gasteiger partial charge on any atom is 0.328 e. The molecule has 4 rings (SSSR count). The fourth-order valence-corrected chi connectivity index (χ4v) is 4.34. The predicted octanol–water partition coefficient (Wildman–Crippen LogP) is 1.26. The maximum atomic E-state index is 13.0. The Morgan fingerprint density at radius 1 is 1.23 bits per heavy atom. The van der Waals surface area contributed by atoms with Crippen molar-refractivity contribution in [3.63, 3.8) is 0 Å². The fraction of sp³-hybridized carbons (Fsp3) is 0.318. The molecule has 2 aromatic heterocycles. The molecular formula is C22H24N4O4S. The fourth-order valence-electron chi connectivity index (χ4n) is 3.66. The van der Waals surface area contributed by atoms with E-state index in [1.165, 1.54) is 11.3 Å². The minimum atomic E-state index is -0.881. The number of benzene rings is 1. The first-order valence-electron chi connectivity index (χ1n) is 10.1. The lowest BCUT2D eigenvalue weighted by Crippen LogP contribution is -2.55. The number of esters is 1. The van der Waals surface area contributed by atoms with Crippen molar-refractivity contribution >= 4 is 40.0 Å². The van der Waals surface area contributed by atoms with E-state index in [1.54, 1.807) is 0 Å². The summed E-state index contributed by atoms with van der Waals surface area (Å²) in [6, 6.07) is 7.28. The first-order chi connectivity index (χ1) is 15.0. The Hall–Kier alpha value is -3.17. The highest BCUT2D eigenvalue weighted by Gasteiger charge is 2.32. The molecule has 3 heterocycles. The highest BCUT2D eigenvalue weighted by molar-refractivity contribution is 7.07. The standard InChI is InChI=1S/C22H24N4O4S/c23-16(9-13-6-8-31-12-13)20(27)26-19(21(28)25-18-5-7-30-22(18)29)10-14-11-24-17-4-2-1-3-15(14)17/h1-4,6,8,11-12,16,18-19,24H,5,7,9-10,23H2,(H,25,28)(H,26,27)/t16-,18-,19-/m0/s1. The van der Waals surface area contributed by atoms with Gasteiger partial charge >= 0.3 is 5.97 Å². The second-order valence-corrected chi connectivity index (χ2v) is 8.36. The molecule has 0 saturated carbocycles. The number of H-pyrrole nitrogens is 1. The van der Waals surface area contributed by atoms with Crippen LogP contribution in [0, 0.1) is 0 Å². The van der Waals surface area contributed by atoms with Crippen molar-refractivity contribution in [3.8, 4) is 0 Å². The third kappa shape index (κ3) is 4.95. The summed E-state index contributed by atoms with van der Waals surface area (Å²) in [6.07, 6.45) is 2.88. The van der Waals surface area contributed by atoms with Crippen LogP contribution in [-0.2, 0) is 32.0 Å². The van der Waals surface area contributed by atoms with Crippen LogP contribution in [0.2, 0.25) is 0 Å². The van der Waals surface area contributed by atoms with Crippen molar-refractivity contribution in [2.75, 3.05) is 6.61 Å². The Morgan fingerprint density at radius 2 is 2.06 bits per heavy atom. The number of nitrogens with one attached hydrogen (secondary N) is 3. The van der Waals surface area contributed by atoms with Gasteiger partial charge in [-0.2, -0.15) is 11.3 Å². The van der Waals surface area contributed by atoms with Crippen molar-refractivity contribution in [1.82, 2.24) is 15.6 Å². The van der Waals surface area contributed by atoms with Crippen molar-refractivity contribution in [1.29, 1.82) is 0 Å². The number of cyclic esters (lactones) is 1. The van der Waals surface area contributed by atoms with Gasteiger partial charge in [0.15, 0.2) is 0 Å². The molecule has 0 bridgehead atoms. The zero-order valence-corrected chi connectivity index (χ0v) is 17.6. The number of thiophene rings is 1. The number of hydrogen-bond acceptors (Lipinski definition) is 6. The van der Waals surface area contributed by atoms with Gasteiger partial charge in [0.25, 0.3) is 0 Å². The number of carbonyl (C=O) groups is 3. The highest BCUT2D eigenvalue weighted by atomic mass is 32.1. The number of para-hydroxylation sites is 1. The van der Waals surface area contributed by atoms with Gasteiger partial charge in [0, 0.05) is 29.9 Å². The number of ether oxygens (including phenoxy) is 1. The summed E-state index contributed by atoms with van der Waals surface area (Å²) in [4.78, 5) is 40.7. The molecule has 1 aromatic carbocycles. The van der Waals surface area contributed by atoms with Crippen LogP contribution < -0.4 is 16.4 Å². The lowest BCUT2D eigenvalue weighted by atomic mass is 10.0. The summed E-state index contributed by atoms with van der Waals surface area (Å²) < 4.78 is 4.92. The molecule has 0 aliphatic carbocycles. The number of aromatic amines is 1. The van der Waals surface area contributed by atoms with Gasteiger partial charge in [-0.1, -0.05) is 18.2 Å². The summed E-state index contributed by atoms with van der Waals surface area (Å²) in [5, 5.41) is 10.3. The van der Waals surface area contributed by atoms with Gasteiger partial charge in [0.2, 0.25) is 11.8 Å². The first-order valence-corrected chi connectivity index (χ1v) is 11.0. The average Bonchev–Trinajstić information content (AvgIpc) is 3.50. The summed E-state index contributed by atoms with van der Waals surface area (Å²) in [5.74, 6) is -1.31. The van der Waals surface area contributed by atoms with Crippen LogP contribution in [0.3, 0.4) is 0 Å². The summed E-state index contributed by atoms with van der Waals surface area (Å²) in [7, 11) is 0. The molecule has 1 fully saturated rings. The Balaban J connectivity index is 1.50. The van der Waals surface area contributed by atoms with Gasteiger partial charge in [0.1, 0.15) is 12.1 Å². The molecule has 9 heteroatoms. The lowest BCUT2D eigenvalue weighted by molar-refractivity contribution is -0.141. The Morgan fingerprint density at radius 3 is 2.81 bits per heavy atom. The summed E-state index contributed by atoms with van der Waals surface area (Å²) in [5.41, 5.74) is 8.89. The molecule has 5 N–H and O–H groups in total. The molecule has 0 spiro atoms. The molecule has 0 radical (unpaired) electrons. The second kappa shape index (κ2) is 9.32. The molecule has 31 heavy (non-hydrogen) atoms. The minimum Gasteiger partial charge on any atom is -0.464 e. The van der Waals surface area contributed by atoms with E-state index in [1.807, 2.05) is 47.3 Å². The molecule has 1 aliphatic rings. The Labute approximate surface area is 183 Å². The van der Waals surface area contributed by atoms with Crippen molar-refractivity contribution < 1.29 is 19.1 Å². The van der Waals surface area contributed by atoms with Crippen LogP contribution in [0.1, 0.15) is 17.5 Å². The molecule has 1 saturated heterocycles. The Kier molecular flexibility index (Phi) is 6.34. The molecule has 3 aromatic rings. The molecule has 8 nitrogen and oxygen atoms in total. The van der Waals surface area contributed by atoms with E-state index < -0.39 is 35.9 Å². The third-order valence-electron chi connectivity index (χ3n) is 5.36. The molecule has 2 amide bonds. The predicted molar refractivity (Wildman–Crippen MR) is 117 cm³/mol. The zero-order valence-electron chi connectivity index (χ0n) is 16.8. The zero-order chi connectivity index (χ0) is 21.8. The number of hydrogen-bond donors (Lipinski definition) is 4. The average molecular weight is 441 g/mol. The molecular weight excluding hydrogens is 416 g/mol. The number of carbonyl (C=O) groups excluding carboxylic acids is 3.